The second-order valence-electron chi connectivity index (χ2n) is 8.89. The average Bonchev–Trinajstić information content (AvgIpc) is 3.26. The van der Waals surface area contributed by atoms with E-state index in [4.69, 9.17) is 9.47 Å². The van der Waals surface area contributed by atoms with Gasteiger partial charge in [-0.3, -0.25) is 9.69 Å². The molecule has 1 aliphatic carbocycles. The summed E-state index contributed by atoms with van der Waals surface area (Å²) in [4.78, 5) is 17.5. The number of hydrogen-bond acceptors (Lipinski definition) is 4. The molecule has 160 valence electrons. The zero-order chi connectivity index (χ0) is 20.1. The Morgan fingerprint density at radius 2 is 1.59 bits per heavy atom. The maximum absolute atomic E-state index is 13.0. The zero-order valence-electron chi connectivity index (χ0n) is 17.9. The van der Waals surface area contributed by atoms with Gasteiger partial charge in [-0.05, 0) is 56.2 Å². The zero-order valence-corrected chi connectivity index (χ0v) is 17.9. The highest BCUT2D eigenvalue weighted by atomic mass is 16.5. The van der Waals surface area contributed by atoms with Gasteiger partial charge in [-0.15, -0.1) is 0 Å². The lowest BCUT2D eigenvalue weighted by molar-refractivity contribution is -0.134. The molecule has 0 radical (unpaired) electrons. The minimum atomic E-state index is 0.209. The molecule has 1 aromatic carbocycles. The van der Waals surface area contributed by atoms with Gasteiger partial charge >= 0.3 is 0 Å². The number of methoxy groups -OCH3 is 1. The Balaban J connectivity index is 1.25. The fourth-order valence-electron chi connectivity index (χ4n) is 5.20. The third-order valence-electron chi connectivity index (χ3n) is 6.90. The molecular formula is C24H36N2O3. The maximum atomic E-state index is 13.0. The molecule has 3 aliphatic rings. The Morgan fingerprint density at radius 3 is 2.28 bits per heavy atom. The van der Waals surface area contributed by atoms with Gasteiger partial charge in [0.2, 0.25) is 5.91 Å². The van der Waals surface area contributed by atoms with Crippen LogP contribution in [0.25, 0.3) is 0 Å². The van der Waals surface area contributed by atoms with Gasteiger partial charge in [-0.2, -0.15) is 0 Å². The topological polar surface area (TPSA) is 42.0 Å². The molecule has 1 saturated carbocycles. The second kappa shape index (κ2) is 9.94. The van der Waals surface area contributed by atoms with E-state index in [1.54, 1.807) is 7.11 Å². The number of amides is 1. The van der Waals surface area contributed by atoms with Crippen molar-refractivity contribution in [2.75, 3.05) is 33.3 Å². The van der Waals surface area contributed by atoms with Crippen molar-refractivity contribution in [2.24, 2.45) is 0 Å². The molecule has 2 saturated heterocycles. The number of piperidine rings is 1. The number of ether oxygens (including phenoxy) is 2. The molecule has 1 unspecified atom stereocenters. The standard InChI is InChI=1S/C24H36N2O3/c1-28-20-11-9-19(10-12-20)23-8-5-15-26(23)24(27)18-25-16-13-22(14-17-25)29-21-6-3-2-4-7-21/h9-12,21-23H,2-8,13-18H2,1H3. The minimum absolute atomic E-state index is 0.209. The van der Waals surface area contributed by atoms with Crippen LogP contribution in [0.1, 0.15) is 69.4 Å². The Labute approximate surface area is 175 Å². The lowest BCUT2D eigenvalue weighted by atomic mass is 9.97. The first-order chi connectivity index (χ1) is 14.2. The molecule has 0 spiro atoms. The molecular weight excluding hydrogens is 364 g/mol. The van der Waals surface area contributed by atoms with Crippen molar-refractivity contribution in [3.63, 3.8) is 0 Å². The van der Waals surface area contributed by atoms with Crippen LogP contribution in [0.15, 0.2) is 24.3 Å². The van der Waals surface area contributed by atoms with Crippen LogP contribution in [0.2, 0.25) is 0 Å². The van der Waals surface area contributed by atoms with E-state index in [0.29, 0.717) is 18.8 Å². The number of nitrogens with zero attached hydrogens (tertiary/aromatic N) is 2. The van der Waals surface area contributed by atoms with Gasteiger partial charge in [-0.25, -0.2) is 0 Å². The molecule has 0 bridgehead atoms. The first-order valence-electron chi connectivity index (χ1n) is 11.5. The fourth-order valence-corrected chi connectivity index (χ4v) is 5.20. The van der Waals surface area contributed by atoms with E-state index in [1.807, 2.05) is 12.1 Å². The van der Waals surface area contributed by atoms with Crippen LogP contribution < -0.4 is 4.74 Å². The molecule has 0 aromatic heterocycles. The van der Waals surface area contributed by atoms with E-state index in [-0.39, 0.29) is 11.9 Å². The molecule has 3 fully saturated rings. The van der Waals surface area contributed by atoms with Gasteiger partial charge in [0, 0.05) is 19.6 Å². The summed E-state index contributed by atoms with van der Waals surface area (Å²) in [6.07, 6.45) is 11.6. The molecule has 2 aliphatic heterocycles. The Kier molecular flexibility index (Phi) is 7.09. The second-order valence-corrected chi connectivity index (χ2v) is 8.89. The van der Waals surface area contributed by atoms with Crippen LogP contribution >= 0.6 is 0 Å². The largest absolute Gasteiger partial charge is 0.497 e. The van der Waals surface area contributed by atoms with E-state index < -0.39 is 0 Å². The van der Waals surface area contributed by atoms with Crippen LogP contribution in [-0.2, 0) is 9.53 Å². The summed E-state index contributed by atoms with van der Waals surface area (Å²) in [5, 5.41) is 0. The molecule has 1 atom stereocenters. The summed E-state index contributed by atoms with van der Waals surface area (Å²) in [5.41, 5.74) is 1.22. The Morgan fingerprint density at radius 1 is 0.897 bits per heavy atom. The highest BCUT2D eigenvalue weighted by Crippen LogP contribution is 2.33. The first-order valence-corrected chi connectivity index (χ1v) is 11.5. The van der Waals surface area contributed by atoms with Crippen molar-refractivity contribution in [3.05, 3.63) is 29.8 Å². The number of carbonyl (C=O) groups excluding carboxylic acids is 1. The van der Waals surface area contributed by atoms with Crippen molar-refractivity contribution in [3.8, 4) is 5.75 Å². The number of hydrogen-bond donors (Lipinski definition) is 0. The third-order valence-corrected chi connectivity index (χ3v) is 6.90. The average molecular weight is 401 g/mol. The maximum Gasteiger partial charge on any atom is 0.237 e. The number of rotatable bonds is 6. The first kappa shape index (κ1) is 20.7. The van der Waals surface area contributed by atoms with Gasteiger partial charge in [0.05, 0.1) is 31.9 Å². The molecule has 5 heteroatoms. The normalized spacial score (nSPS) is 24.7. The van der Waals surface area contributed by atoms with E-state index in [9.17, 15) is 4.79 Å². The summed E-state index contributed by atoms with van der Waals surface area (Å²) in [6, 6.07) is 8.40. The quantitative estimate of drug-likeness (QED) is 0.719. The predicted molar refractivity (Wildman–Crippen MR) is 114 cm³/mol. The smallest absolute Gasteiger partial charge is 0.237 e. The van der Waals surface area contributed by atoms with Crippen LogP contribution in [0.5, 0.6) is 5.75 Å². The molecule has 2 heterocycles. The van der Waals surface area contributed by atoms with Crippen molar-refractivity contribution in [1.82, 2.24) is 9.80 Å². The van der Waals surface area contributed by atoms with E-state index in [1.165, 1.54) is 37.7 Å². The lowest BCUT2D eigenvalue weighted by Crippen LogP contribution is -2.45. The summed E-state index contributed by atoms with van der Waals surface area (Å²) in [6.45, 7) is 3.37. The highest BCUT2D eigenvalue weighted by Gasteiger charge is 2.32. The van der Waals surface area contributed by atoms with E-state index >= 15 is 0 Å². The third kappa shape index (κ3) is 5.32. The lowest BCUT2D eigenvalue weighted by Gasteiger charge is -2.35. The predicted octanol–water partition coefficient (Wildman–Crippen LogP) is 4.17. The van der Waals surface area contributed by atoms with Crippen molar-refractivity contribution >= 4 is 5.91 Å². The molecule has 4 rings (SSSR count). The molecule has 1 aromatic rings. The minimum Gasteiger partial charge on any atom is -0.497 e. The summed E-state index contributed by atoms with van der Waals surface area (Å²) < 4.78 is 11.6. The van der Waals surface area contributed by atoms with Crippen molar-refractivity contribution in [1.29, 1.82) is 0 Å². The molecule has 29 heavy (non-hydrogen) atoms. The molecule has 5 nitrogen and oxygen atoms in total. The van der Waals surface area contributed by atoms with Crippen molar-refractivity contribution in [2.45, 2.75) is 76.0 Å². The summed E-state index contributed by atoms with van der Waals surface area (Å²) in [7, 11) is 1.68. The number of likely N-dealkylation sites (tertiary alicyclic amines) is 2. The highest BCUT2D eigenvalue weighted by molar-refractivity contribution is 5.79. The summed E-state index contributed by atoms with van der Waals surface area (Å²) in [5.74, 6) is 1.14. The van der Waals surface area contributed by atoms with E-state index in [2.05, 4.69) is 21.9 Å². The van der Waals surface area contributed by atoms with E-state index in [0.717, 1.165) is 51.1 Å². The van der Waals surface area contributed by atoms with Crippen LogP contribution in [0, 0.1) is 0 Å². The van der Waals surface area contributed by atoms with Gasteiger partial charge in [0.15, 0.2) is 0 Å². The molecule has 1 amide bonds. The van der Waals surface area contributed by atoms with Gasteiger partial charge in [-0.1, -0.05) is 31.4 Å². The molecule has 0 N–H and O–H groups in total. The fraction of sp³-hybridized carbons (Fsp3) is 0.708. The van der Waals surface area contributed by atoms with Crippen molar-refractivity contribution < 1.29 is 14.3 Å². The van der Waals surface area contributed by atoms with Crippen LogP contribution in [0.4, 0.5) is 0 Å². The number of carbonyl (C=O) groups is 1. The Hall–Kier alpha value is -1.59. The Bertz CT molecular complexity index is 649. The van der Waals surface area contributed by atoms with Gasteiger partial charge in [0.25, 0.3) is 0 Å². The van der Waals surface area contributed by atoms with Crippen LogP contribution in [-0.4, -0.2) is 61.2 Å². The number of benzene rings is 1. The summed E-state index contributed by atoms with van der Waals surface area (Å²) >= 11 is 0. The monoisotopic (exact) mass is 400 g/mol. The van der Waals surface area contributed by atoms with Gasteiger partial charge in [0.1, 0.15) is 5.75 Å². The van der Waals surface area contributed by atoms with Crippen LogP contribution in [0.3, 0.4) is 0 Å². The SMILES string of the molecule is COc1ccc(C2CCCN2C(=O)CN2CCC(OC3CCCCC3)CC2)cc1. The van der Waals surface area contributed by atoms with Gasteiger partial charge < -0.3 is 14.4 Å².